The number of hydrogen-bond acceptors (Lipinski definition) is 6. The van der Waals surface area contributed by atoms with Gasteiger partial charge in [0.15, 0.2) is 16.5 Å². The van der Waals surface area contributed by atoms with Gasteiger partial charge < -0.3 is 0 Å². The lowest BCUT2D eigenvalue weighted by atomic mass is 10.1. The Morgan fingerprint density at radius 3 is 2.25 bits per heavy atom. The molecule has 9 heteroatoms. The molecule has 2 atom stereocenters. The number of rotatable bonds is 8. The van der Waals surface area contributed by atoms with Gasteiger partial charge in [-0.25, -0.2) is 8.42 Å². The second-order valence-corrected chi connectivity index (χ2v) is 9.07. The molecule has 0 aliphatic heterocycles. The van der Waals surface area contributed by atoms with Gasteiger partial charge >= 0.3 is 16.3 Å². The second kappa shape index (κ2) is 8.56. The SMILES string of the molecule is C[P+](=O)O[P+](=O)OCCS(=O)(=O)c1ccccc1-c1ccccc1. The molecule has 0 heterocycles. The molecule has 0 radical (unpaired) electrons. The molecule has 0 fully saturated rings. The van der Waals surface area contributed by atoms with Crippen LogP contribution in [0.2, 0.25) is 0 Å². The fourth-order valence-corrected chi connectivity index (χ4v) is 4.68. The van der Waals surface area contributed by atoms with Gasteiger partial charge in [-0.1, -0.05) is 48.5 Å². The first-order valence-corrected chi connectivity index (χ1v) is 11.3. The smallest absolute Gasteiger partial charge is 0.224 e. The third kappa shape index (κ3) is 5.26. The third-order valence-corrected chi connectivity index (χ3v) is 6.61. The lowest BCUT2D eigenvalue weighted by Crippen LogP contribution is -2.12. The summed E-state index contributed by atoms with van der Waals surface area (Å²) in [6.45, 7) is 0.919. The molecule has 0 aromatic heterocycles. The van der Waals surface area contributed by atoms with Crippen molar-refractivity contribution < 1.29 is 26.4 Å². The van der Waals surface area contributed by atoms with Gasteiger partial charge in [0.25, 0.3) is 0 Å². The van der Waals surface area contributed by atoms with Gasteiger partial charge in [0.05, 0.1) is 10.6 Å². The maximum Gasteiger partial charge on any atom is 0.744 e. The second-order valence-electron chi connectivity index (χ2n) is 4.76. The Balaban J connectivity index is 2.16. The monoisotopic (exact) mass is 386 g/mol. The standard InChI is InChI=1S/C15H16O6P2S/c1-22(16)21-23(17)20-11-12-24(18,19)15-10-6-5-9-14(15)13-7-3-2-4-8-13/h2-10H,11-12H2,1H3/q+2. The van der Waals surface area contributed by atoms with Crippen LogP contribution in [0.4, 0.5) is 0 Å². The molecule has 2 unspecified atom stereocenters. The molecule has 0 N–H and O–H groups in total. The summed E-state index contributed by atoms with van der Waals surface area (Å²) in [4.78, 5) is 0.178. The first-order chi connectivity index (χ1) is 11.4. The van der Waals surface area contributed by atoms with Crippen LogP contribution in [-0.4, -0.2) is 27.4 Å². The average molecular weight is 386 g/mol. The van der Waals surface area contributed by atoms with Crippen LogP contribution in [-0.2, 0) is 27.8 Å². The topological polar surface area (TPSA) is 86.7 Å². The van der Waals surface area contributed by atoms with E-state index >= 15 is 0 Å². The Morgan fingerprint density at radius 1 is 0.958 bits per heavy atom. The van der Waals surface area contributed by atoms with Crippen molar-refractivity contribution in [3.8, 4) is 11.1 Å². The molecule has 0 aliphatic carbocycles. The van der Waals surface area contributed by atoms with Crippen molar-refractivity contribution >= 4 is 26.1 Å². The van der Waals surface area contributed by atoms with Crippen molar-refractivity contribution in [2.75, 3.05) is 19.0 Å². The summed E-state index contributed by atoms with van der Waals surface area (Å²) in [5, 5.41) is 0. The van der Waals surface area contributed by atoms with Crippen LogP contribution in [0.3, 0.4) is 0 Å². The first-order valence-electron chi connectivity index (χ1n) is 6.96. The van der Waals surface area contributed by atoms with Crippen molar-refractivity contribution in [2.45, 2.75) is 4.90 Å². The molecule has 126 valence electrons. The van der Waals surface area contributed by atoms with Gasteiger partial charge in [0, 0.05) is 10.1 Å². The van der Waals surface area contributed by atoms with Crippen molar-refractivity contribution in [3.63, 3.8) is 0 Å². The first kappa shape index (κ1) is 18.8. The summed E-state index contributed by atoms with van der Waals surface area (Å²) in [6.07, 6.45) is 0. The molecule has 0 aliphatic rings. The Labute approximate surface area is 142 Å². The minimum absolute atomic E-state index is 0.178. The molecule has 6 nitrogen and oxygen atoms in total. The van der Waals surface area contributed by atoms with Gasteiger partial charge in [-0.05, 0) is 16.2 Å². The Kier molecular flexibility index (Phi) is 6.72. The molecule has 2 rings (SSSR count). The summed E-state index contributed by atoms with van der Waals surface area (Å²) in [7, 11) is -8.31. The zero-order valence-corrected chi connectivity index (χ0v) is 15.5. The van der Waals surface area contributed by atoms with E-state index in [1.54, 1.807) is 18.2 Å². The molecule has 0 bridgehead atoms. The van der Waals surface area contributed by atoms with Crippen molar-refractivity contribution in [1.29, 1.82) is 0 Å². The van der Waals surface area contributed by atoms with Crippen LogP contribution >= 0.6 is 16.3 Å². The van der Waals surface area contributed by atoms with Gasteiger partial charge in [0.2, 0.25) is 0 Å². The van der Waals surface area contributed by atoms with Crippen molar-refractivity contribution in [3.05, 3.63) is 54.6 Å². The van der Waals surface area contributed by atoms with Crippen LogP contribution in [0.15, 0.2) is 59.5 Å². The number of sulfone groups is 1. The molecule has 2 aromatic rings. The molecule has 0 saturated heterocycles. The quantitative estimate of drug-likeness (QED) is 0.633. The fraction of sp³-hybridized carbons (Fsp3) is 0.200. The minimum atomic E-state index is -3.65. The van der Waals surface area contributed by atoms with E-state index in [0.29, 0.717) is 5.56 Å². The summed E-state index contributed by atoms with van der Waals surface area (Å²) in [5.74, 6) is -0.359. The van der Waals surface area contributed by atoms with Crippen LogP contribution in [0.1, 0.15) is 0 Å². The van der Waals surface area contributed by atoms with Crippen LogP contribution in [0, 0.1) is 0 Å². The minimum Gasteiger partial charge on any atom is -0.224 e. The summed E-state index contributed by atoms with van der Waals surface area (Å²) >= 11 is 0. The summed E-state index contributed by atoms with van der Waals surface area (Å²) in [6, 6.07) is 15.8. The molecule has 0 spiro atoms. The highest BCUT2D eigenvalue weighted by molar-refractivity contribution is 7.91. The van der Waals surface area contributed by atoms with E-state index in [4.69, 9.17) is 4.52 Å². The van der Waals surface area contributed by atoms with Crippen molar-refractivity contribution in [1.82, 2.24) is 0 Å². The molecule has 24 heavy (non-hydrogen) atoms. The van der Waals surface area contributed by atoms with E-state index in [1.807, 2.05) is 30.3 Å². The maximum absolute atomic E-state index is 12.6. The summed E-state index contributed by atoms with van der Waals surface area (Å²) < 4.78 is 56.4. The lowest BCUT2D eigenvalue weighted by Gasteiger charge is -2.09. The largest absolute Gasteiger partial charge is 0.744 e. The van der Waals surface area contributed by atoms with Gasteiger partial charge in [-0.3, -0.25) is 0 Å². The Bertz CT molecular complexity index is 836. The molecular formula is C15H16O6P2S+2. The van der Waals surface area contributed by atoms with Gasteiger partial charge in [-0.15, -0.1) is 4.52 Å². The fourth-order valence-electron chi connectivity index (χ4n) is 2.04. The normalized spacial score (nSPS) is 12.7. The average Bonchev–Trinajstić information content (AvgIpc) is 2.55. The van der Waals surface area contributed by atoms with E-state index in [9.17, 15) is 17.5 Å². The molecule has 2 aromatic carbocycles. The van der Waals surface area contributed by atoms with E-state index in [-0.39, 0.29) is 17.3 Å². The molecular weight excluding hydrogens is 370 g/mol. The highest BCUT2D eigenvalue weighted by Gasteiger charge is 2.33. The predicted octanol–water partition coefficient (Wildman–Crippen LogP) is 4.19. The van der Waals surface area contributed by atoms with Gasteiger partial charge in [0.1, 0.15) is 10.9 Å². The zero-order chi connectivity index (χ0) is 17.6. The molecule has 0 saturated carbocycles. The van der Waals surface area contributed by atoms with E-state index in [2.05, 4.69) is 4.31 Å². The third-order valence-electron chi connectivity index (χ3n) is 3.04. The predicted molar refractivity (Wildman–Crippen MR) is 92.1 cm³/mol. The Morgan fingerprint density at radius 2 is 1.58 bits per heavy atom. The van der Waals surface area contributed by atoms with Crippen LogP contribution in [0.25, 0.3) is 11.1 Å². The maximum atomic E-state index is 12.6. The van der Waals surface area contributed by atoms with Crippen LogP contribution in [0.5, 0.6) is 0 Å². The molecule has 0 amide bonds. The highest BCUT2D eigenvalue weighted by atomic mass is 32.2. The zero-order valence-electron chi connectivity index (χ0n) is 12.9. The van der Waals surface area contributed by atoms with Gasteiger partial charge in [-0.2, -0.15) is 0 Å². The number of hydrogen-bond donors (Lipinski definition) is 0. The number of benzene rings is 2. The Hall–Kier alpha value is -1.49. The van der Waals surface area contributed by atoms with E-state index < -0.39 is 26.1 Å². The van der Waals surface area contributed by atoms with E-state index in [0.717, 1.165) is 5.56 Å². The van der Waals surface area contributed by atoms with E-state index in [1.165, 1.54) is 12.7 Å². The lowest BCUT2D eigenvalue weighted by molar-refractivity contribution is 0.306. The summed E-state index contributed by atoms with van der Waals surface area (Å²) in [5.41, 5.74) is 1.38. The van der Waals surface area contributed by atoms with Crippen LogP contribution < -0.4 is 0 Å². The van der Waals surface area contributed by atoms with Crippen molar-refractivity contribution in [2.24, 2.45) is 0 Å². The highest BCUT2D eigenvalue weighted by Crippen LogP contribution is 2.36.